The van der Waals surface area contributed by atoms with Crippen LogP contribution in [0, 0.1) is 0 Å². The van der Waals surface area contributed by atoms with Crippen LogP contribution in [-0.4, -0.2) is 50.3 Å². The summed E-state index contributed by atoms with van der Waals surface area (Å²) in [4.78, 5) is 13.1. The van der Waals surface area contributed by atoms with Crippen molar-refractivity contribution in [1.29, 1.82) is 0 Å². The first-order valence-electron chi connectivity index (χ1n) is 6.56. The lowest BCUT2D eigenvalue weighted by Crippen LogP contribution is -2.44. The van der Waals surface area contributed by atoms with Crippen LogP contribution in [-0.2, 0) is 4.79 Å². The number of carboxylic acids is 1. The zero-order valence-corrected chi connectivity index (χ0v) is 12.1. The van der Waals surface area contributed by atoms with Crippen LogP contribution in [0.3, 0.4) is 0 Å². The highest BCUT2D eigenvalue weighted by Crippen LogP contribution is 2.35. The summed E-state index contributed by atoms with van der Waals surface area (Å²) in [5, 5.41) is 28.5. The summed E-state index contributed by atoms with van der Waals surface area (Å²) < 4.78 is 0. The second-order valence-electron chi connectivity index (χ2n) is 4.98. The van der Waals surface area contributed by atoms with E-state index in [2.05, 4.69) is 4.90 Å². The van der Waals surface area contributed by atoms with Gasteiger partial charge in [-0.15, -0.1) is 0 Å². The lowest BCUT2D eigenvalue weighted by molar-refractivity contribution is -0.138. The second kappa shape index (κ2) is 6.37. The zero-order valence-electron chi connectivity index (χ0n) is 11.3. The molecule has 0 spiro atoms. The number of benzene rings is 1. The van der Waals surface area contributed by atoms with Gasteiger partial charge in [0.25, 0.3) is 0 Å². The topological polar surface area (TPSA) is 81.0 Å². The van der Waals surface area contributed by atoms with Crippen LogP contribution in [0.2, 0.25) is 0 Å². The van der Waals surface area contributed by atoms with Crippen molar-refractivity contribution in [2.75, 3.05) is 18.1 Å². The number of hydrogen-bond acceptors (Lipinski definition) is 5. The molecular weight excluding hydrogens is 278 g/mol. The molecule has 1 aliphatic rings. The Hall–Kier alpha value is -1.40. The number of carbonyl (C=O) groups is 1. The summed E-state index contributed by atoms with van der Waals surface area (Å²) in [6.07, 6.45) is 0.0942. The normalized spacial score (nSPS) is 21.6. The van der Waals surface area contributed by atoms with Gasteiger partial charge in [-0.3, -0.25) is 9.69 Å². The predicted octanol–water partition coefficient (Wildman–Crippen LogP) is 2.05. The van der Waals surface area contributed by atoms with Gasteiger partial charge >= 0.3 is 5.97 Å². The van der Waals surface area contributed by atoms with Gasteiger partial charge in [0.2, 0.25) is 0 Å². The molecular formula is C14H19NO4S. The van der Waals surface area contributed by atoms with E-state index in [1.807, 2.05) is 6.92 Å². The van der Waals surface area contributed by atoms with Gasteiger partial charge in [-0.2, -0.15) is 11.8 Å². The molecule has 1 saturated heterocycles. The molecule has 0 amide bonds. The van der Waals surface area contributed by atoms with E-state index >= 15 is 0 Å². The summed E-state index contributed by atoms with van der Waals surface area (Å²) in [6.45, 7) is 2.71. The number of aromatic hydroxyl groups is 2. The Morgan fingerprint density at radius 1 is 1.50 bits per heavy atom. The molecule has 0 aliphatic carbocycles. The second-order valence-corrected chi connectivity index (χ2v) is 6.13. The summed E-state index contributed by atoms with van der Waals surface area (Å²) >= 11 is 1.75. The van der Waals surface area contributed by atoms with Crippen LogP contribution in [0.1, 0.15) is 24.9 Å². The minimum atomic E-state index is -0.810. The largest absolute Gasteiger partial charge is 0.508 e. The predicted molar refractivity (Wildman–Crippen MR) is 78.3 cm³/mol. The van der Waals surface area contributed by atoms with Crippen molar-refractivity contribution in [2.24, 2.45) is 0 Å². The van der Waals surface area contributed by atoms with Gasteiger partial charge in [-0.25, -0.2) is 0 Å². The van der Waals surface area contributed by atoms with Crippen LogP contribution in [0.5, 0.6) is 11.5 Å². The van der Waals surface area contributed by atoms with Gasteiger partial charge in [-0.1, -0.05) is 0 Å². The van der Waals surface area contributed by atoms with E-state index in [4.69, 9.17) is 5.11 Å². The number of phenols is 2. The highest BCUT2D eigenvalue weighted by molar-refractivity contribution is 7.99. The standard InChI is InChI=1S/C14H19NO4S/c1-9(12-7-11(16)2-3-13(12)17)15-4-5-20-8-10(15)6-14(18)19/h2-3,7,9-10,16-17H,4-6,8H2,1H3,(H,18,19). The molecule has 1 aromatic carbocycles. The molecule has 0 bridgehead atoms. The summed E-state index contributed by atoms with van der Waals surface area (Å²) in [6, 6.07) is 4.26. The Kier molecular flexibility index (Phi) is 4.77. The number of rotatable bonds is 4. The molecule has 3 N–H and O–H groups in total. The molecule has 5 nitrogen and oxygen atoms in total. The molecule has 2 rings (SSSR count). The highest BCUT2D eigenvalue weighted by Gasteiger charge is 2.30. The third-order valence-corrected chi connectivity index (χ3v) is 4.73. The van der Waals surface area contributed by atoms with E-state index in [1.165, 1.54) is 12.1 Å². The smallest absolute Gasteiger partial charge is 0.304 e. The van der Waals surface area contributed by atoms with E-state index in [0.29, 0.717) is 5.56 Å². The van der Waals surface area contributed by atoms with Crippen molar-refractivity contribution in [3.63, 3.8) is 0 Å². The molecule has 0 radical (unpaired) electrons. The van der Waals surface area contributed by atoms with E-state index in [9.17, 15) is 15.0 Å². The number of hydrogen-bond donors (Lipinski definition) is 3. The average Bonchev–Trinajstić information content (AvgIpc) is 2.41. The number of aliphatic carboxylic acids is 1. The van der Waals surface area contributed by atoms with E-state index in [0.717, 1.165) is 18.1 Å². The quantitative estimate of drug-likeness (QED) is 0.738. The van der Waals surface area contributed by atoms with Crippen LogP contribution >= 0.6 is 11.8 Å². The number of carboxylic acid groups (broad SMARTS) is 1. The highest BCUT2D eigenvalue weighted by atomic mass is 32.2. The maximum atomic E-state index is 11.0. The van der Waals surface area contributed by atoms with Gasteiger partial charge in [0.15, 0.2) is 0 Å². The first-order chi connectivity index (χ1) is 9.49. The third kappa shape index (κ3) is 3.37. The Balaban J connectivity index is 2.22. The van der Waals surface area contributed by atoms with Crippen LogP contribution in [0.4, 0.5) is 0 Å². The minimum Gasteiger partial charge on any atom is -0.508 e. The first-order valence-corrected chi connectivity index (χ1v) is 7.71. The molecule has 110 valence electrons. The maximum absolute atomic E-state index is 11.0. The molecule has 1 heterocycles. The van der Waals surface area contributed by atoms with Crippen molar-refractivity contribution in [2.45, 2.75) is 25.4 Å². The zero-order chi connectivity index (χ0) is 14.7. The lowest BCUT2D eigenvalue weighted by Gasteiger charge is -2.39. The molecule has 2 unspecified atom stereocenters. The molecule has 0 aromatic heterocycles. The van der Waals surface area contributed by atoms with E-state index in [1.54, 1.807) is 17.8 Å². The van der Waals surface area contributed by atoms with Gasteiger partial charge < -0.3 is 15.3 Å². The molecule has 20 heavy (non-hydrogen) atoms. The SMILES string of the molecule is CC(c1cc(O)ccc1O)N1CCSCC1CC(=O)O. The fourth-order valence-electron chi connectivity index (χ4n) is 2.61. The van der Waals surface area contributed by atoms with Crippen LogP contribution in [0.25, 0.3) is 0 Å². The molecule has 2 atom stereocenters. The van der Waals surface area contributed by atoms with Gasteiger partial charge in [0.1, 0.15) is 11.5 Å². The maximum Gasteiger partial charge on any atom is 0.304 e. The monoisotopic (exact) mass is 297 g/mol. The fourth-order valence-corrected chi connectivity index (χ4v) is 3.70. The van der Waals surface area contributed by atoms with Gasteiger partial charge in [0, 0.05) is 35.7 Å². The third-order valence-electron chi connectivity index (χ3n) is 3.64. The average molecular weight is 297 g/mol. The Labute approximate surface area is 122 Å². The van der Waals surface area contributed by atoms with Crippen molar-refractivity contribution < 1.29 is 20.1 Å². The van der Waals surface area contributed by atoms with Crippen molar-refractivity contribution in [3.05, 3.63) is 23.8 Å². The number of thioether (sulfide) groups is 1. The first kappa shape index (κ1) is 15.0. The Morgan fingerprint density at radius 2 is 2.25 bits per heavy atom. The van der Waals surface area contributed by atoms with Crippen LogP contribution < -0.4 is 0 Å². The van der Waals surface area contributed by atoms with E-state index in [-0.39, 0.29) is 30.0 Å². The molecule has 6 heteroatoms. The van der Waals surface area contributed by atoms with Crippen LogP contribution in [0.15, 0.2) is 18.2 Å². The molecule has 1 aromatic rings. The Bertz CT molecular complexity index is 494. The van der Waals surface area contributed by atoms with Gasteiger partial charge in [-0.05, 0) is 25.1 Å². The molecule has 1 aliphatic heterocycles. The van der Waals surface area contributed by atoms with E-state index < -0.39 is 5.97 Å². The van der Waals surface area contributed by atoms with Crippen molar-refractivity contribution in [1.82, 2.24) is 4.90 Å². The number of phenolic OH excluding ortho intramolecular Hbond substituents is 2. The lowest BCUT2D eigenvalue weighted by atomic mass is 10.0. The molecule has 1 fully saturated rings. The molecule has 0 saturated carbocycles. The minimum absolute atomic E-state index is 0.0528. The number of nitrogens with zero attached hydrogens (tertiary/aromatic N) is 1. The fraction of sp³-hybridized carbons (Fsp3) is 0.500. The summed E-state index contributed by atoms with van der Waals surface area (Å²) in [5.74, 6) is 1.14. The Morgan fingerprint density at radius 3 is 2.95 bits per heavy atom. The summed E-state index contributed by atoms with van der Waals surface area (Å²) in [5.41, 5.74) is 0.632. The van der Waals surface area contributed by atoms with Crippen molar-refractivity contribution >= 4 is 17.7 Å². The van der Waals surface area contributed by atoms with Gasteiger partial charge in [0.05, 0.1) is 6.42 Å². The van der Waals surface area contributed by atoms with Crippen molar-refractivity contribution in [3.8, 4) is 11.5 Å². The summed E-state index contributed by atoms with van der Waals surface area (Å²) in [7, 11) is 0.